The molecule has 2 aliphatic rings. The maximum atomic E-state index is 12.5. The second kappa shape index (κ2) is 9.53. The summed E-state index contributed by atoms with van der Waals surface area (Å²) in [6, 6.07) is 14.7. The van der Waals surface area contributed by atoms with Crippen LogP contribution in [0.2, 0.25) is 0 Å². The van der Waals surface area contributed by atoms with E-state index in [1.54, 1.807) is 6.07 Å². The molecule has 6 nitrogen and oxygen atoms in total. The van der Waals surface area contributed by atoms with Crippen molar-refractivity contribution in [1.29, 1.82) is 0 Å². The Morgan fingerprint density at radius 1 is 1.00 bits per heavy atom. The van der Waals surface area contributed by atoms with E-state index in [1.807, 2.05) is 12.1 Å². The molecule has 0 bridgehead atoms. The zero-order valence-corrected chi connectivity index (χ0v) is 19.5. The molecule has 1 atom stereocenters. The van der Waals surface area contributed by atoms with E-state index in [1.165, 1.54) is 36.8 Å². The van der Waals surface area contributed by atoms with Gasteiger partial charge in [-0.3, -0.25) is 4.79 Å². The van der Waals surface area contributed by atoms with Gasteiger partial charge in [0.2, 0.25) is 5.91 Å². The van der Waals surface area contributed by atoms with Crippen LogP contribution in [0.25, 0.3) is 10.9 Å². The van der Waals surface area contributed by atoms with Crippen molar-refractivity contribution in [1.82, 2.24) is 4.57 Å². The number of fused-ring (bicyclic) bond motifs is 3. The first kappa shape index (κ1) is 22.5. The zero-order chi connectivity index (χ0) is 23.7. The van der Waals surface area contributed by atoms with E-state index in [0.717, 1.165) is 41.4 Å². The van der Waals surface area contributed by atoms with E-state index < -0.39 is 18.5 Å². The van der Waals surface area contributed by atoms with Crippen LogP contribution in [-0.4, -0.2) is 28.2 Å². The van der Waals surface area contributed by atoms with Crippen LogP contribution in [0.15, 0.2) is 42.5 Å². The maximum absolute atomic E-state index is 12.5. The van der Waals surface area contributed by atoms with E-state index in [9.17, 15) is 9.59 Å². The number of hydrogen-bond donors (Lipinski definition) is 2. The summed E-state index contributed by atoms with van der Waals surface area (Å²) in [5.41, 5.74) is 11.5. The smallest absolute Gasteiger partial charge is 0.341 e. The standard InChI is InChI=1S/C28H32N2O4/c29-28(33)21-8-3-4-9-22-26(21)27-23(10-5-11-24(27)34-17-25(31)32)30(22)16-18-12-14-20(15-13-18)19-6-1-2-7-19/h5,10-15,19,21H,1-4,6-9,16-17H2,(H2,29,33)(H,31,32). The normalized spacial score (nSPS) is 18.5. The van der Waals surface area contributed by atoms with Crippen molar-refractivity contribution in [3.63, 3.8) is 0 Å². The Morgan fingerprint density at radius 2 is 1.74 bits per heavy atom. The van der Waals surface area contributed by atoms with Gasteiger partial charge in [-0.2, -0.15) is 0 Å². The van der Waals surface area contributed by atoms with Crippen LogP contribution in [0, 0.1) is 0 Å². The minimum absolute atomic E-state index is 0.337. The number of primary amides is 1. The van der Waals surface area contributed by atoms with Gasteiger partial charge in [-0.05, 0) is 66.8 Å². The monoisotopic (exact) mass is 460 g/mol. The number of ether oxygens (including phenoxy) is 1. The van der Waals surface area contributed by atoms with Gasteiger partial charge in [-0.1, -0.05) is 49.6 Å². The number of aliphatic carboxylic acids is 1. The average molecular weight is 461 g/mol. The van der Waals surface area contributed by atoms with E-state index >= 15 is 0 Å². The molecule has 2 aromatic carbocycles. The number of carbonyl (C=O) groups is 2. The topological polar surface area (TPSA) is 94.6 Å². The number of carbonyl (C=O) groups excluding carboxylic acids is 1. The maximum Gasteiger partial charge on any atom is 0.341 e. The third-order valence-electron chi connectivity index (χ3n) is 7.55. The van der Waals surface area contributed by atoms with Crippen molar-refractivity contribution in [2.75, 3.05) is 6.61 Å². The summed E-state index contributed by atoms with van der Waals surface area (Å²) >= 11 is 0. The second-order valence-corrected chi connectivity index (χ2v) is 9.70. The summed E-state index contributed by atoms with van der Waals surface area (Å²) in [6.07, 6.45) is 8.67. The fourth-order valence-electron chi connectivity index (χ4n) is 5.94. The Balaban J connectivity index is 1.60. The second-order valence-electron chi connectivity index (χ2n) is 9.70. The van der Waals surface area contributed by atoms with Crippen LogP contribution in [0.5, 0.6) is 5.75 Å². The third kappa shape index (κ3) is 4.29. The van der Waals surface area contributed by atoms with Gasteiger partial charge in [0, 0.05) is 17.6 Å². The molecule has 0 aliphatic heterocycles. The molecule has 0 spiro atoms. The van der Waals surface area contributed by atoms with Gasteiger partial charge < -0.3 is 20.1 Å². The van der Waals surface area contributed by atoms with Gasteiger partial charge in [0.25, 0.3) is 0 Å². The molecule has 3 aromatic rings. The highest BCUT2D eigenvalue weighted by molar-refractivity contribution is 5.97. The lowest BCUT2D eigenvalue weighted by molar-refractivity contribution is -0.139. The lowest BCUT2D eigenvalue weighted by atomic mass is 9.92. The van der Waals surface area contributed by atoms with E-state index in [4.69, 9.17) is 15.6 Å². The van der Waals surface area contributed by atoms with Crippen molar-refractivity contribution in [3.8, 4) is 5.75 Å². The molecule has 1 saturated carbocycles. The third-order valence-corrected chi connectivity index (χ3v) is 7.55. The molecule has 0 saturated heterocycles. The summed E-state index contributed by atoms with van der Waals surface area (Å²) in [5.74, 6) is -0.587. The summed E-state index contributed by atoms with van der Waals surface area (Å²) in [7, 11) is 0. The summed E-state index contributed by atoms with van der Waals surface area (Å²) in [5, 5.41) is 9.99. The molecule has 2 aliphatic carbocycles. The van der Waals surface area contributed by atoms with Gasteiger partial charge >= 0.3 is 5.97 Å². The Hall–Kier alpha value is -3.28. The highest BCUT2D eigenvalue weighted by Crippen LogP contribution is 2.42. The van der Waals surface area contributed by atoms with Gasteiger partial charge in [0.05, 0.1) is 11.4 Å². The van der Waals surface area contributed by atoms with Crippen LogP contribution >= 0.6 is 0 Å². The van der Waals surface area contributed by atoms with E-state index in [0.29, 0.717) is 24.6 Å². The van der Waals surface area contributed by atoms with Crippen molar-refractivity contribution < 1.29 is 19.4 Å². The number of carboxylic acid groups (broad SMARTS) is 1. The predicted molar refractivity (Wildman–Crippen MR) is 131 cm³/mol. The molecule has 34 heavy (non-hydrogen) atoms. The highest BCUT2D eigenvalue weighted by atomic mass is 16.5. The number of nitrogens with zero attached hydrogens (tertiary/aromatic N) is 1. The van der Waals surface area contributed by atoms with Crippen molar-refractivity contribution in [2.45, 2.75) is 69.7 Å². The Morgan fingerprint density at radius 3 is 2.44 bits per heavy atom. The van der Waals surface area contributed by atoms with Crippen molar-refractivity contribution in [3.05, 3.63) is 64.8 Å². The number of amides is 1. The van der Waals surface area contributed by atoms with Gasteiger partial charge in [-0.15, -0.1) is 0 Å². The zero-order valence-electron chi connectivity index (χ0n) is 19.5. The van der Waals surface area contributed by atoms with E-state index in [-0.39, 0.29) is 5.91 Å². The molecule has 178 valence electrons. The van der Waals surface area contributed by atoms with Crippen LogP contribution in [0.1, 0.15) is 79.2 Å². The SMILES string of the molecule is NC(=O)C1CCCCc2c1c1c(OCC(=O)O)cccc1n2Cc1ccc(C2CCCC2)cc1. The molecule has 1 aromatic heterocycles. The Bertz CT molecular complexity index is 1210. The van der Waals surface area contributed by atoms with Crippen LogP contribution < -0.4 is 10.5 Å². The minimum Gasteiger partial charge on any atom is -0.481 e. The number of aromatic nitrogens is 1. The minimum atomic E-state index is -1.03. The number of hydrogen-bond acceptors (Lipinski definition) is 3. The fraction of sp³-hybridized carbons (Fsp3) is 0.429. The average Bonchev–Trinajstić information content (AvgIpc) is 3.40. The number of nitrogens with two attached hydrogens (primary N) is 1. The van der Waals surface area contributed by atoms with Gasteiger partial charge in [-0.25, -0.2) is 4.79 Å². The molecule has 1 amide bonds. The largest absolute Gasteiger partial charge is 0.481 e. The van der Waals surface area contributed by atoms with Crippen LogP contribution in [0.4, 0.5) is 0 Å². The first-order chi connectivity index (χ1) is 16.5. The van der Waals surface area contributed by atoms with Crippen molar-refractivity contribution >= 4 is 22.8 Å². The predicted octanol–water partition coefficient (Wildman–Crippen LogP) is 5.11. The summed E-state index contributed by atoms with van der Waals surface area (Å²) < 4.78 is 7.97. The van der Waals surface area contributed by atoms with Crippen molar-refractivity contribution in [2.24, 2.45) is 5.73 Å². The lowest BCUT2D eigenvalue weighted by Crippen LogP contribution is -2.21. The fourth-order valence-corrected chi connectivity index (χ4v) is 5.94. The van der Waals surface area contributed by atoms with Gasteiger partial charge in [0.1, 0.15) is 5.75 Å². The molecule has 1 heterocycles. The quantitative estimate of drug-likeness (QED) is 0.479. The number of rotatable bonds is 7. The molecular formula is C28H32N2O4. The molecular weight excluding hydrogens is 428 g/mol. The molecule has 3 N–H and O–H groups in total. The number of carboxylic acids is 1. The van der Waals surface area contributed by atoms with Gasteiger partial charge in [0.15, 0.2) is 6.61 Å². The van der Waals surface area contributed by atoms with Crippen LogP contribution in [0.3, 0.4) is 0 Å². The first-order valence-corrected chi connectivity index (χ1v) is 12.4. The Labute approximate surface area is 199 Å². The molecule has 5 rings (SSSR count). The molecule has 6 heteroatoms. The summed E-state index contributed by atoms with van der Waals surface area (Å²) in [6.45, 7) is 0.258. The first-order valence-electron chi connectivity index (χ1n) is 12.4. The Kier molecular flexibility index (Phi) is 6.31. The summed E-state index contributed by atoms with van der Waals surface area (Å²) in [4.78, 5) is 23.7. The molecule has 1 fully saturated rings. The van der Waals surface area contributed by atoms with Crippen LogP contribution in [-0.2, 0) is 22.6 Å². The number of benzene rings is 2. The molecule has 0 radical (unpaired) electrons. The lowest BCUT2D eigenvalue weighted by Gasteiger charge is -2.14. The molecule has 1 unspecified atom stereocenters. The van der Waals surface area contributed by atoms with E-state index in [2.05, 4.69) is 28.8 Å². The highest BCUT2D eigenvalue weighted by Gasteiger charge is 2.31.